The number of benzene rings is 2. The average Bonchev–Trinajstić information content (AvgIpc) is 3.03. The van der Waals surface area contributed by atoms with Crippen LogP contribution in [0.3, 0.4) is 0 Å². The zero-order valence-electron chi connectivity index (χ0n) is 15.5. The topological polar surface area (TPSA) is 68.7 Å². The van der Waals surface area contributed by atoms with Gasteiger partial charge in [0.2, 0.25) is 0 Å². The molecular formula is C21H21NO4S. The van der Waals surface area contributed by atoms with E-state index in [-0.39, 0.29) is 4.88 Å². The largest absolute Gasteiger partial charge is 0.490 e. The van der Waals surface area contributed by atoms with Crippen molar-refractivity contribution in [2.75, 3.05) is 13.2 Å². The molecule has 3 rings (SSSR count). The van der Waals surface area contributed by atoms with Gasteiger partial charge in [-0.2, -0.15) is 0 Å². The van der Waals surface area contributed by atoms with Crippen molar-refractivity contribution in [3.63, 3.8) is 0 Å². The molecule has 0 spiro atoms. The van der Waals surface area contributed by atoms with Crippen molar-refractivity contribution in [1.29, 1.82) is 0 Å². The highest BCUT2D eigenvalue weighted by Crippen LogP contribution is 2.29. The van der Waals surface area contributed by atoms with Crippen molar-refractivity contribution >= 4 is 17.3 Å². The van der Waals surface area contributed by atoms with Gasteiger partial charge in [-0.3, -0.25) is 0 Å². The molecule has 0 saturated carbocycles. The Balaban J connectivity index is 1.57. The molecule has 140 valence electrons. The van der Waals surface area contributed by atoms with Gasteiger partial charge in [-0.05, 0) is 56.2 Å². The van der Waals surface area contributed by atoms with Crippen LogP contribution >= 0.6 is 11.3 Å². The van der Waals surface area contributed by atoms with Gasteiger partial charge in [0.25, 0.3) is 0 Å². The summed E-state index contributed by atoms with van der Waals surface area (Å²) in [5.74, 6) is 0.695. The minimum atomic E-state index is -0.944. The monoisotopic (exact) mass is 383 g/mol. The Hall–Kier alpha value is -2.86. The number of para-hydroxylation sites is 1. The lowest BCUT2D eigenvalue weighted by Gasteiger charge is -2.12. The summed E-state index contributed by atoms with van der Waals surface area (Å²) >= 11 is 1.18. The van der Waals surface area contributed by atoms with E-state index in [1.807, 2.05) is 56.3 Å². The molecule has 0 saturated heterocycles. The number of nitrogens with zero attached hydrogens (tertiary/aromatic N) is 1. The molecule has 2 aromatic carbocycles. The average molecular weight is 383 g/mol. The first-order chi connectivity index (χ1) is 13.0. The van der Waals surface area contributed by atoms with Crippen LogP contribution in [0.2, 0.25) is 0 Å². The number of rotatable bonds is 7. The molecule has 5 nitrogen and oxygen atoms in total. The Morgan fingerprint density at radius 1 is 1.00 bits per heavy atom. The van der Waals surface area contributed by atoms with Gasteiger partial charge in [0.1, 0.15) is 34.6 Å². The summed E-state index contributed by atoms with van der Waals surface area (Å²) in [5, 5.41) is 9.84. The molecule has 0 atom stereocenters. The zero-order valence-corrected chi connectivity index (χ0v) is 16.3. The lowest BCUT2D eigenvalue weighted by Crippen LogP contribution is -2.10. The van der Waals surface area contributed by atoms with Gasteiger partial charge in [0.05, 0.1) is 5.69 Å². The Morgan fingerprint density at radius 3 is 2.22 bits per heavy atom. The molecule has 0 bridgehead atoms. The van der Waals surface area contributed by atoms with Crippen LogP contribution in [0, 0.1) is 20.8 Å². The third kappa shape index (κ3) is 4.46. The lowest BCUT2D eigenvalue weighted by atomic mass is 10.1. The number of carboxylic acids is 1. The van der Waals surface area contributed by atoms with E-state index in [2.05, 4.69) is 4.98 Å². The molecule has 0 radical (unpaired) electrons. The number of thiazole rings is 1. The number of hydrogen-bond acceptors (Lipinski definition) is 5. The summed E-state index contributed by atoms with van der Waals surface area (Å²) in [7, 11) is 0. The second-order valence-corrected chi connectivity index (χ2v) is 7.18. The molecule has 0 amide bonds. The predicted octanol–water partition coefficient (Wildman–Crippen LogP) is 4.89. The first-order valence-electron chi connectivity index (χ1n) is 8.58. The molecule has 0 unspecified atom stereocenters. The van der Waals surface area contributed by atoms with Crippen LogP contribution in [0.5, 0.6) is 11.5 Å². The van der Waals surface area contributed by atoms with Crippen LogP contribution in [-0.4, -0.2) is 29.3 Å². The van der Waals surface area contributed by atoms with Crippen molar-refractivity contribution in [2.45, 2.75) is 20.8 Å². The van der Waals surface area contributed by atoms with E-state index >= 15 is 0 Å². The van der Waals surface area contributed by atoms with Crippen LogP contribution in [0.1, 0.15) is 26.5 Å². The molecule has 1 heterocycles. The molecular weight excluding hydrogens is 362 g/mol. The maximum atomic E-state index is 11.2. The van der Waals surface area contributed by atoms with Crippen LogP contribution in [0.4, 0.5) is 0 Å². The quantitative estimate of drug-likeness (QED) is 0.588. The molecule has 27 heavy (non-hydrogen) atoms. The van der Waals surface area contributed by atoms with Gasteiger partial charge in [0.15, 0.2) is 0 Å². The van der Waals surface area contributed by atoms with E-state index in [4.69, 9.17) is 14.6 Å². The summed E-state index contributed by atoms with van der Waals surface area (Å²) in [4.78, 5) is 15.8. The number of aromatic nitrogens is 1. The predicted molar refractivity (Wildman–Crippen MR) is 106 cm³/mol. The van der Waals surface area contributed by atoms with Crippen LogP contribution < -0.4 is 9.47 Å². The van der Waals surface area contributed by atoms with E-state index < -0.39 is 5.97 Å². The minimum Gasteiger partial charge on any atom is -0.490 e. The summed E-state index contributed by atoms with van der Waals surface area (Å²) in [6.45, 7) is 6.65. The number of aryl methyl sites for hydroxylation is 3. The second kappa shape index (κ2) is 8.22. The van der Waals surface area contributed by atoms with Crippen molar-refractivity contribution in [2.24, 2.45) is 0 Å². The van der Waals surface area contributed by atoms with Crippen molar-refractivity contribution in [1.82, 2.24) is 4.98 Å². The number of ether oxygens (including phenoxy) is 2. The highest BCUT2D eigenvalue weighted by atomic mass is 32.1. The fourth-order valence-electron chi connectivity index (χ4n) is 2.74. The van der Waals surface area contributed by atoms with E-state index in [1.165, 1.54) is 11.3 Å². The summed E-state index contributed by atoms with van der Waals surface area (Å²) in [6, 6.07) is 13.5. The van der Waals surface area contributed by atoms with Gasteiger partial charge in [0, 0.05) is 5.56 Å². The van der Waals surface area contributed by atoms with Crippen molar-refractivity contribution < 1.29 is 19.4 Å². The summed E-state index contributed by atoms with van der Waals surface area (Å²) in [5.41, 5.74) is 3.62. The minimum absolute atomic E-state index is 0.272. The normalized spacial score (nSPS) is 10.6. The third-order valence-electron chi connectivity index (χ3n) is 4.10. The standard InChI is InChI=1S/C21H21NO4S/c1-13-5-4-6-14(2)18(13)26-12-11-25-17-9-7-16(8-10-17)20-22-15(3)19(27-20)21(23)24/h4-10H,11-12H2,1-3H3,(H,23,24). The van der Waals surface area contributed by atoms with Crippen LogP contribution in [0.15, 0.2) is 42.5 Å². The molecule has 1 aromatic heterocycles. The highest BCUT2D eigenvalue weighted by Gasteiger charge is 2.15. The number of carboxylic acid groups (broad SMARTS) is 1. The van der Waals surface area contributed by atoms with E-state index in [0.29, 0.717) is 23.9 Å². The SMILES string of the molecule is Cc1cccc(C)c1OCCOc1ccc(-c2nc(C)c(C(=O)O)s2)cc1. The fourth-order valence-corrected chi connectivity index (χ4v) is 3.65. The molecule has 1 N–H and O–H groups in total. The molecule has 0 fully saturated rings. The smallest absolute Gasteiger partial charge is 0.347 e. The highest BCUT2D eigenvalue weighted by molar-refractivity contribution is 7.17. The van der Waals surface area contributed by atoms with E-state index in [0.717, 1.165) is 28.2 Å². The van der Waals surface area contributed by atoms with Crippen molar-refractivity contribution in [3.8, 4) is 22.1 Å². The van der Waals surface area contributed by atoms with Gasteiger partial charge >= 0.3 is 5.97 Å². The second-order valence-electron chi connectivity index (χ2n) is 6.18. The van der Waals surface area contributed by atoms with E-state index in [1.54, 1.807) is 6.92 Å². The van der Waals surface area contributed by atoms with Crippen LogP contribution in [-0.2, 0) is 0 Å². The molecule has 0 aliphatic rings. The van der Waals surface area contributed by atoms with Crippen LogP contribution in [0.25, 0.3) is 10.6 Å². The fraction of sp³-hybridized carbons (Fsp3) is 0.238. The van der Waals surface area contributed by atoms with E-state index in [9.17, 15) is 4.79 Å². The number of hydrogen-bond donors (Lipinski definition) is 1. The maximum absolute atomic E-state index is 11.2. The molecule has 3 aromatic rings. The Morgan fingerprint density at radius 2 is 1.63 bits per heavy atom. The lowest BCUT2D eigenvalue weighted by molar-refractivity contribution is 0.0701. The first kappa shape index (κ1) is 18.9. The summed E-state index contributed by atoms with van der Waals surface area (Å²) in [6.07, 6.45) is 0. The zero-order chi connectivity index (χ0) is 19.4. The summed E-state index contributed by atoms with van der Waals surface area (Å²) < 4.78 is 11.6. The Bertz CT molecular complexity index is 927. The first-order valence-corrected chi connectivity index (χ1v) is 9.40. The number of carbonyl (C=O) groups is 1. The Kier molecular flexibility index (Phi) is 5.76. The third-order valence-corrected chi connectivity index (χ3v) is 5.29. The van der Waals surface area contributed by atoms with Gasteiger partial charge in [-0.1, -0.05) is 18.2 Å². The van der Waals surface area contributed by atoms with Gasteiger partial charge in [-0.25, -0.2) is 9.78 Å². The molecule has 0 aliphatic heterocycles. The molecule has 6 heteroatoms. The Labute approximate surface area is 162 Å². The number of aromatic carboxylic acids is 1. The van der Waals surface area contributed by atoms with Crippen molar-refractivity contribution in [3.05, 3.63) is 64.2 Å². The molecule has 0 aliphatic carbocycles. The van der Waals surface area contributed by atoms with Gasteiger partial charge < -0.3 is 14.6 Å². The maximum Gasteiger partial charge on any atom is 0.347 e. The van der Waals surface area contributed by atoms with Gasteiger partial charge in [-0.15, -0.1) is 11.3 Å².